The number of hydrogen-bond donors (Lipinski definition) is 2. The fourth-order valence-electron chi connectivity index (χ4n) is 9.46. The van der Waals surface area contributed by atoms with Crippen molar-refractivity contribution in [3.8, 4) is 6.07 Å². The Morgan fingerprint density at radius 2 is 1.82 bits per heavy atom. The third-order valence-corrected chi connectivity index (χ3v) is 12.8. The molecular formula is C41H49F3N10O5S. The number of nitrogens with zero attached hydrogens (tertiary/aromatic N) is 8. The number of thiocarbonyl (C=S) groups is 1. The third kappa shape index (κ3) is 8.28. The van der Waals surface area contributed by atoms with Crippen LogP contribution in [0.5, 0.6) is 0 Å². The van der Waals surface area contributed by atoms with Crippen LogP contribution in [0.4, 0.5) is 35.2 Å². The van der Waals surface area contributed by atoms with Crippen molar-refractivity contribution >= 4 is 69.2 Å². The molecule has 2 N–H and O–H groups in total. The molecule has 320 valence electrons. The third-order valence-electron chi connectivity index (χ3n) is 12.4. The molecule has 4 aliphatic rings. The van der Waals surface area contributed by atoms with Crippen LogP contribution in [0.1, 0.15) is 90.3 Å². The van der Waals surface area contributed by atoms with Crippen LogP contribution in [0.2, 0.25) is 0 Å². The van der Waals surface area contributed by atoms with Crippen LogP contribution in [0.3, 0.4) is 0 Å². The number of likely N-dealkylation sites (tertiary alicyclic amines) is 1. The van der Waals surface area contributed by atoms with Gasteiger partial charge in [-0.25, -0.2) is 9.78 Å². The molecule has 2 aromatic heterocycles. The number of imide groups is 1. The van der Waals surface area contributed by atoms with Crippen molar-refractivity contribution in [2.24, 2.45) is 13.0 Å². The molecule has 1 saturated carbocycles. The highest BCUT2D eigenvalue weighted by molar-refractivity contribution is 7.80. The van der Waals surface area contributed by atoms with Gasteiger partial charge in [0.1, 0.15) is 11.6 Å². The van der Waals surface area contributed by atoms with Gasteiger partial charge in [-0.3, -0.25) is 39.1 Å². The van der Waals surface area contributed by atoms with E-state index in [1.807, 2.05) is 17.0 Å². The highest BCUT2D eigenvalue weighted by Crippen LogP contribution is 2.41. The van der Waals surface area contributed by atoms with E-state index in [1.165, 1.54) is 11.0 Å². The number of amides is 5. The predicted molar refractivity (Wildman–Crippen MR) is 220 cm³/mol. The molecule has 19 heteroatoms. The van der Waals surface area contributed by atoms with Gasteiger partial charge < -0.3 is 15.0 Å². The molecule has 4 fully saturated rings. The number of carbonyl (C=O) groups excluding carboxylic acids is 4. The summed E-state index contributed by atoms with van der Waals surface area (Å²) in [7, 11) is 1.75. The molecule has 0 bridgehead atoms. The zero-order chi connectivity index (χ0) is 43.3. The van der Waals surface area contributed by atoms with Crippen molar-refractivity contribution in [1.82, 2.24) is 29.9 Å². The lowest BCUT2D eigenvalue weighted by Crippen LogP contribution is -2.51. The van der Waals surface area contributed by atoms with Crippen molar-refractivity contribution in [2.75, 3.05) is 34.8 Å². The van der Waals surface area contributed by atoms with Crippen molar-refractivity contribution < 1.29 is 37.1 Å². The molecule has 5 heterocycles. The number of para-hydroxylation sites is 1. The summed E-state index contributed by atoms with van der Waals surface area (Å²) in [5, 5.41) is 19.9. The molecule has 0 radical (unpaired) electrons. The number of rotatable bonds is 10. The molecule has 60 heavy (non-hydrogen) atoms. The van der Waals surface area contributed by atoms with Gasteiger partial charge in [-0.05, 0) is 109 Å². The van der Waals surface area contributed by atoms with E-state index in [2.05, 4.69) is 39.5 Å². The summed E-state index contributed by atoms with van der Waals surface area (Å²) in [4.78, 5) is 61.6. The summed E-state index contributed by atoms with van der Waals surface area (Å²) >= 11 is 5.73. The number of nitriles is 1. The molecule has 1 aliphatic carbocycles. The van der Waals surface area contributed by atoms with Crippen molar-refractivity contribution in [3.63, 3.8) is 0 Å². The van der Waals surface area contributed by atoms with Crippen LogP contribution in [0.25, 0.3) is 10.9 Å². The fraction of sp³-hybridized carbons (Fsp3) is 0.561. The second-order valence-electron chi connectivity index (χ2n) is 16.8. The maximum absolute atomic E-state index is 13.7. The quantitative estimate of drug-likeness (QED) is 0.235. The lowest BCUT2D eigenvalue weighted by atomic mass is 9.85. The predicted octanol–water partition coefficient (Wildman–Crippen LogP) is 5.86. The average molecular weight is 851 g/mol. The van der Waals surface area contributed by atoms with Gasteiger partial charge in [0.05, 0.1) is 41.3 Å². The normalized spacial score (nSPS) is 25.2. The number of hydrogen-bond acceptors (Lipinski definition) is 10. The number of anilines is 3. The molecule has 3 aliphatic heterocycles. The monoisotopic (exact) mass is 850 g/mol. The Hall–Kier alpha value is -5.19. The molecule has 3 atom stereocenters. The first-order valence-corrected chi connectivity index (χ1v) is 20.7. The van der Waals surface area contributed by atoms with E-state index >= 15 is 0 Å². The molecule has 15 nitrogen and oxygen atoms in total. The Bertz CT molecular complexity index is 2240. The Balaban J connectivity index is 0.884. The molecule has 5 amide bonds. The number of aryl methyl sites for hydroxylation is 1. The smallest absolute Gasteiger partial charge is 0.378 e. The number of nitrogens with one attached hydrogen (secondary N) is 2. The summed E-state index contributed by atoms with van der Waals surface area (Å²) < 4.78 is 49.2. The largest absolute Gasteiger partial charge is 0.419 e. The van der Waals surface area contributed by atoms with Crippen LogP contribution in [0.15, 0.2) is 30.5 Å². The molecular weight excluding hydrogens is 802 g/mol. The minimum Gasteiger partial charge on any atom is -0.378 e. The van der Waals surface area contributed by atoms with Crippen LogP contribution in [-0.4, -0.2) is 103 Å². The van der Waals surface area contributed by atoms with Gasteiger partial charge in [0.2, 0.25) is 11.8 Å². The summed E-state index contributed by atoms with van der Waals surface area (Å²) in [5.74, 6) is -0.0943. The van der Waals surface area contributed by atoms with Gasteiger partial charge in [0.15, 0.2) is 16.6 Å². The SMILES string of the molecule is C[C@@H]1CC(CCOC2CCC(N3C(=S)N(c4cnc(C#N)c(C(F)(F)F)c4)C(=O)C3(C)C)CC2)C[C@H](C)N1CC(=O)Nc1cccc2c(N3CCC(=O)NC3=O)nn(C)c12. The average Bonchev–Trinajstić information content (AvgIpc) is 3.61. The van der Waals surface area contributed by atoms with E-state index in [9.17, 15) is 37.6 Å². The first-order chi connectivity index (χ1) is 28.4. The van der Waals surface area contributed by atoms with Gasteiger partial charge >= 0.3 is 12.2 Å². The van der Waals surface area contributed by atoms with Gasteiger partial charge in [-0.15, -0.1) is 0 Å². The number of fused-ring (bicyclic) bond motifs is 1. The highest BCUT2D eigenvalue weighted by atomic mass is 32.1. The topological polar surface area (TPSA) is 169 Å². The fourth-order valence-corrected chi connectivity index (χ4v) is 10.0. The lowest BCUT2D eigenvalue weighted by Gasteiger charge is -2.42. The maximum atomic E-state index is 13.7. The number of benzene rings is 1. The maximum Gasteiger partial charge on any atom is 0.419 e. The highest BCUT2D eigenvalue weighted by Gasteiger charge is 2.53. The van der Waals surface area contributed by atoms with E-state index < -0.39 is 34.9 Å². The first kappa shape index (κ1) is 42.9. The van der Waals surface area contributed by atoms with E-state index in [0.717, 1.165) is 49.3 Å². The van der Waals surface area contributed by atoms with Crippen LogP contribution in [-0.2, 0) is 32.3 Å². The van der Waals surface area contributed by atoms with E-state index in [0.29, 0.717) is 47.8 Å². The molecule has 0 spiro atoms. The number of urea groups is 1. The van der Waals surface area contributed by atoms with Crippen molar-refractivity contribution in [3.05, 3.63) is 41.7 Å². The second kappa shape index (κ2) is 16.7. The summed E-state index contributed by atoms with van der Waals surface area (Å²) in [6, 6.07) is 7.37. The number of pyridine rings is 1. The standard InChI is InChI=1S/C41H49F3N10O5S/c1-23-17-25(18-24(2)52(23)22-34(56)47-31-8-6-7-29-35(31)50(5)49-36(29)51-15-13-33(55)48-38(51)58)14-16-59-28-11-9-26(10-12-28)54-39(60)53(37(57)40(54,3)4)27-19-30(41(42,43)44)32(20-45)46-21-27/h6-8,19,21,23-26,28H,9-18,22H2,1-5H3,(H,47,56)(H,48,55,58)/t23-,24+,25?,26?,28?. The Labute approximate surface area is 351 Å². The molecule has 7 rings (SSSR count). The minimum absolute atomic E-state index is 0.0317. The van der Waals surface area contributed by atoms with Crippen LogP contribution in [0, 0.1) is 17.2 Å². The van der Waals surface area contributed by atoms with Gasteiger partial charge in [0, 0.05) is 50.1 Å². The summed E-state index contributed by atoms with van der Waals surface area (Å²) in [6.45, 7) is 8.75. The minimum atomic E-state index is -4.83. The number of alkyl halides is 3. The molecule has 3 saturated heterocycles. The summed E-state index contributed by atoms with van der Waals surface area (Å²) in [6.07, 6.45) is 2.05. The zero-order valence-corrected chi connectivity index (χ0v) is 35.0. The van der Waals surface area contributed by atoms with Gasteiger partial charge in [-0.2, -0.15) is 23.5 Å². The van der Waals surface area contributed by atoms with E-state index in [4.69, 9.17) is 17.0 Å². The van der Waals surface area contributed by atoms with Gasteiger partial charge in [-0.1, -0.05) is 6.07 Å². The lowest BCUT2D eigenvalue weighted by molar-refractivity contribution is -0.138. The van der Waals surface area contributed by atoms with Crippen molar-refractivity contribution in [2.45, 2.75) is 115 Å². The molecule has 1 aromatic carbocycles. The van der Waals surface area contributed by atoms with Gasteiger partial charge in [0.25, 0.3) is 5.91 Å². The Morgan fingerprint density at radius 1 is 1.12 bits per heavy atom. The molecule has 3 aromatic rings. The van der Waals surface area contributed by atoms with E-state index in [-0.39, 0.29) is 66.4 Å². The van der Waals surface area contributed by atoms with Crippen LogP contribution >= 0.6 is 12.2 Å². The number of aromatic nitrogens is 3. The second-order valence-corrected chi connectivity index (χ2v) is 17.2. The summed E-state index contributed by atoms with van der Waals surface area (Å²) in [5.41, 5.74) is -1.95. The number of carbonyl (C=O) groups is 4. The first-order valence-electron chi connectivity index (χ1n) is 20.3. The number of piperidine rings is 1. The van der Waals surface area contributed by atoms with Crippen LogP contribution < -0.4 is 20.4 Å². The Kier molecular flexibility index (Phi) is 11.9. The number of ether oxygens (including phenoxy) is 1. The molecule has 1 unspecified atom stereocenters. The van der Waals surface area contributed by atoms with Crippen molar-refractivity contribution in [1.29, 1.82) is 5.26 Å². The van der Waals surface area contributed by atoms with E-state index in [1.54, 1.807) is 31.6 Å². The zero-order valence-electron chi connectivity index (χ0n) is 34.2. The Morgan fingerprint density at radius 3 is 2.47 bits per heavy atom. The number of halogens is 3.